The van der Waals surface area contributed by atoms with E-state index in [1.165, 1.54) is 0 Å². The van der Waals surface area contributed by atoms with Crippen LogP contribution >= 0.6 is 0 Å². The van der Waals surface area contributed by atoms with Gasteiger partial charge < -0.3 is 10.2 Å². The summed E-state index contributed by atoms with van der Waals surface area (Å²) < 4.78 is 0. The van der Waals surface area contributed by atoms with E-state index in [1.54, 1.807) is 0 Å². The van der Waals surface area contributed by atoms with Gasteiger partial charge in [-0.3, -0.25) is 4.79 Å². The first-order valence-corrected chi connectivity index (χ1v) is 4.83. The number of aliphatic hydroxyl groups is 1. The number of carboxylic acid groups (broad SMARTS) is 1. The van der Waals surface area contributed by atoms with Gasteiger partial charge in [0.2, 0.25) is 0 Å². The van der Waals surface area contributed by atoms with Gasteiger partial charge in [-0.15, -0.1) is 0 Å². The molecule has 0 aromatic rings. The van der Waals surface area contributed by atoms with Gasteiger partial charge in [0.25, 0.3) is 0 Å². The molecule has 0 unspecified atom stereocenters. The molecule has 78 valence electrons. The molecule has 0 saturated carbocycles. The third kappa shape index (κ3) is 6.58. The number of carboxylic acids is 1. The minimum absolute atomic E-state index is 0.158. The van der Waals surface area contributed by atoms with Gasteiger partial charge in [-0.25, -0.2) is 0 Å². The van der Waals surface area contributed by atoms with Gasteiger partial charge in [-0.2, -0.15) is 0 Å². The molecular formula is C10H20O3. The number of aliphatic hydroxyl groups excluding tert-OH is 1. The van der Waals surface area contributed by atoms with Gasteiger partial charge in [-0.1, -0.05) is 20.8 Å². The zero-order valence-electron chi connectivity index (χ0n) is 8.66. The van der Waals surface area contributed by atoms with Crippen LogP contribution in [-0.4, -0.2) is 22.3 Å². The maximum Gasteiger partial charge on any atom is 0.303 e. The lowest BCUT2D eigenvalue weighted by molar-refractivity contribution is -0.138. The van der Waals surface area contributed by atoms with Crippen molar-refractivity contribution < 1.29 is 15.0 Å². The van der Waals surface area contributed by atoms with Crippen LogP contribution in [0.3, 0.4) is 0 Å². The second kappa shape index (κ2) is 5.97. The maximum absolute atomic E-state index is 10.3. The number of carbonyl (C=O) groups is 1. The Morgan fingerprint density at radius 1 is 1.23 bits per heavy atom. The van der Waals surface area contributed by atoms with Crippen molar-refractivity contribution >= 4 is 5.97 Å². The van der Waals surface area contributed by atoms with Gasteiger partial charge in [0.05, 0.1) is 6.10 Å². The molecule has 0 aromatic carbocycles. The van der Waals surface area contributed by atoms with E-state index in [4.69, 9.17) is 5.11 Å². The number of rotatable bonds is 6. The Balaban J connectivity index is 3.57. The van der Waals surface area contributed by atoms with Crippen molar-refractivity contribution in [2.24, 2.45) is 11.8 Å². The maximum atomic E-state index is 10.3. The van der Waals surface area contributed by atoms with E-state index in [9.17, 15) is 9.90 Å². The summed E-state index contributed by atoms with van der Waals surface area (Å²) in [5.41, 5.74) is 0. The van der Waals surface area contributed by atoms with E-state index in [1.807, 2.05) is 20.8 Å². The van der Waals surface area contributed by atoms with Gasteiger partial charge in [0.15, 0.2) is 0 Å². The molecular weight excluding hydrogens is 168 g/mol. The van der Waals surface area contributed by atoms with Crippen LogP contribution in [0.2, 0.25) is 0 Å². The molecule has 0 rings (SSSR count). The summed E-state index contributed by atoms with van der Waals surface area (Å²) in [6, 6.07) is 0. The van der Waals surface area contributed by atoms with Crippen LogP contribution in [0.25, 0.3) is 0 Å². The fourth-order valence-electron chi connectivity index (χ4n) is 1.19. The summed E-state index contributed by atoms with van der Waals surface area (Å²) in [4.78, 5) is 10.3. The summed E-state index contributed by atoms with van der Waals surface area (Å²) in [6.07, 6.45) is 1.39. The van der Waals surface area contributed by atoms with E-state index >= 15 is 0 Å². The first-order chi connectivity index (χ1) is 5.93. The van der Waals surface area contributed by atoms with E-state index in [-0.39, 0.29) is 24.4 Å². The molecule has 0 aliphatic rings. The van der Waals surface area contributed by atoms with Crippen LogP contribution < -0.4 is 0 Å². The third-order valence-corrected chi connectivity index (χ3v) is 2.25. The normalized spacial score (nSPS) is 15.8. The molecule has 0 saturated heterocycles. The van der Waals surface area contributed by atoms with Gasteiger partial charge >= 0.3 is 5.97 Å². The van der Waals surface area contributed by atoms with Crippen LogP contribution in [0.1, 0.15) is 40.0 Å². The van der Waals surface area contributed by atoms with Crippen molar-refractivity contribution in [3.63, 3.8) is 0 Å². The number of aliphatic carboxylic acids is 1. The van der Waals surface area contributed by atoms with Crippen LogP contribution in [0.15, 0.2) is 0 Å². The Labute approximate surface area is 79.8 Å². The second-order valence-corrected chi connectivity index (χ2v) is 4.09. The Kier molecular flexibility index (Phi) is 5.71. The topological polar surface area (TPSA) is 57.5 Å². The summed E-state index contributed by atoms with van der Waals surface area (Å²) in [5, 5.41) is 18.0. The number of hydrogen-bond acceptors (Lipinski definition) is 2. The van der Waals surface area contributed by atoms with Crippen molar-refractivity contribution in [1.82, 2.24) is 0 Å². The zero-order valence-corrected chi connectivity index (χ0v) is 8.66. The van der Waals surface area contributed by atoms with Gasteiger partial charge in [-0.05, 0) is 24.7 Å². The smallest absolute Gasteiger partial charge is 0.303 e. The van der Waals surface area contributed by atoms with Crippen molar-refractivity contribution in [1.29, 1.82) is 0 Å². The molecule has 0 radical (unpaired) electrons. The standard InChI is InChI=1S/C10H20O3/c1-7(2)9(11)5-4-8(3)6-10(12)13/h7-9,11H,4-6H2,1-3H3,(H,12,13)/t8-,9+/m0/s1. The molecule has 0 heterocycles. The number of hydrogen-bond donors (Lipinski definition) is 2. The zero-order chi connectivity index (χ0) is 10.4. The molecule has 2 N–H and O–H groups in total. The van der Waals surface area contributed by atoms with Crippen LogP contribution in [0.5, 0.6) is 0 Å². The highest BCUT2D eigenvalue weighted by molar-refractivity contribution is 5.66. The third-order valence-electron chi connectivity index (χ3n) is 2.25. The quantitative estimate of drug-likeness (QED) is 0.669. The summed E-state index contributed by atoms with van der Waals surface area (Å²) >= 11 is 0. The van der Waals surface area contributed by atoms with Crippen LogP contribution in [0, 0.1) is 11.8 Å². The molecule has 0 bridgehead atoms. The van der Waals surface area contributed by atoms with E-state index < -0.39 is 5.97 Å². The van der Waals surface area contributed by atoms with Crippen LogP contribution in [-0.2, 0) is 4.79 Å². The van der Waals surface area contributed by atoms with Crippen LogP contribution in [0.4, 0.5) is 0 Å². The predicted molar refractivity (Wildman–Crippen MR) is 51.5 cm³/mol. The fourth-order valence-corrected chi connectivity index (χ4v) is 1.19. The minimum atomic E-state index is -0.758. The highest BCUT2D eigenvalue weighted by atomic mass is 16.4. The highest BCUT2D eigenvalue weighted by Gasteiger charge is 2.13. The molecule has 0 fully saturated rings. The highest BCUT2D eigenvalue weighted by Crippen LogP contribution is 2.15. The summed E-state index contributed by atoms with van der Waals surface area (Å²) in [5.74, 6) is -0.338. The molecule has 0 spiro atoms. The lowest BCUT2D eigenvalue weighted by Crippen LogP contribution is -2.16. The minimum Gasteiger partial charge on any atom is -0.481 e. The Hall–Kier alpha value is -0.570. The van der Waals surface area contributed by atoms with E-state index in [2.05, 4.69) is 0 Å². The molecule has 13 heavy (non-hydrogen) atoms. The van der Waals surface area contributed by atoms with Crippen molar-refractivity contribution in [2.75, 3.05) is 0 Å². The molecule has 2 atom stereocenters. The Morgan fingerprint density at radius 2 is 1.77 bits per heavy atom. The fraction of sp³-hybridized carbons (Fsp3) is 0.900. The SMILES string of the molecule is CC(C)[C@H](O)CC[C@H](C)CC(=O)O. The summed E-state index contributed by atoms with van der Waals surface area (Å²) in [7, 11) is 0. The molecule has 3 heteroatoms. The summed E-state index contributed by atoms with van der Waals surface area (Å²) in [6.45, 7) is 5.83. The first kappa shape index (κ1) is 12.4. The Morgan fingerprint density at radius 3 is 2.15 bits per heavy atom. The van der Waals surface area contributed by atoms with E-state index in [0.29, 0.717) is 6.42 Å². The van der Waals surface area contributed by atoms with Crippen molar-refractivity contribution in [2.45, 2.75) is 46.1 Å². The van der Waals surface area contributed by atoms with Gasteiger partial charge in [0, 0.05) is 6.42 Å². The second-order valence-electron chi connectivity index (χ2n) is 4.09. The average Bonchev–Trinajstić information content (AvgIpc) is 1.98. The predicted octanol–water partition coefficient (Wildman–Crippen LogP) is 1.89. The molecule has 0 aliphatic heterocycles. The molecule has 3 nitrogen and oxygen atoms in total. The molecule has 0 aliphatic carbocycles. The lowest BCUT2D eigenvalue weighted by Gasteiger charge is -2.16. The van der Waals surface area contributed by atoms with Crippen molar-refractivity contribution in [3.8, 4) is 0 Å². The Bertz CT molecular complexity index is 154. The van der Waals surface area contributed by atoms with E-state index in [0.717, 1.165) is 6.42 Å². The molecule has 0 amide bonds. The monoisotopic (exact) mass is 188 g/mol. The van der Waals surface area contributed by atoms with Gasteiger partial charge in [0.1, 0.15) is 0 Å². The van der Waals surface area contributed by atoms with Crippen molar-refractivity contribution in [3.05, 3.63) is 0 Å². The largest absolute Gasteiger partial charge is 0.481 e. The first-order valence-electron chi connectivity index (χ1n) is 4.83. The average molecular weight is 188 g/mol. The molecule has 0 aromatic heterocycles. The lowest BCUT2D eigenvalue weighted by atomic mass is 9.95.